The third-order valence-corrected chi connectivity index (χ3v) is 4.91. The molecular formula is C22H21N3O3. The van der Waals surface area contributed by atoms with Gasteiger partial charge in [-0.1, -0.05) is 19.1 Å². The first-order chi connectivity index (χ1) is 13.5. The van der Waals surface area contributed by atoms with Gasteiger partial charge in [0, 0.05) is 5.56 Å². The Morgan fingerprint density at radius 1 is 1.04 bits per heavy atom. The minimum absolute atomic E-state index is 0.171. The lowest BCUT2D eigenvalue weighted by atomic mass is 9.91. The second-order valence-electron chi connectivity index (χ2n) is 6.90. The molecule has 0 atom stereocenters. The summed E-state index contributed by atoms with van der Waals surface area (Å²) in [6.07, 6.45) is 2.33. The van der Waals surface area contributed by atoms with Crippen LogP contribution in [0.25, 0.3) is 11.3 Å². The first-order valence-corrected chi connectivity index (χ1v) is 9.33. The van der Waals surface area contributed by atoms with Crippen LogP contribution in [-0.2, 0) is 30.5 Å². The molecule has 0 unspecified atom stereocenters. The summed E-state index contributed by atoms with van der Waals surface area (Å²) in [6.45, 7) is 1.98. The predicted molar refractivity (Wildman–Crippen MR) is 106 cm³/mol. The molecule has 0 aliphatic heterocycles. The summed E-state index contributed by atoms with van der Waals surface area (Å²) in [5.41, 5.74) is 5.29. The minimum atomic E-state index is -0.171. The zero-order chi connectivity index (χ0) is 19.7. The standard InChI is InChI=1S/C22H21N3O3/c1-2-18-22(25-20(28)11-13-3-6-15(26)7-4-13)24-19-10-5-14-12-16(27)8-9-17(14)21(19)23-18/h3-4,6-9,12,26-27H,2,5,10-11H2,1H3,(H,24,25,28). The van der Waals surface area contributed by atoms with Gasteiger partial charge in [0.05, 0.1) is 23.5 Å². The molecule has 0 radical (unpaired) electrons. The maximum absolute atomic E-state index is 12.5. The lowest BCUT2D eigenvalue weighted by molar-refractivity contribution is -0.115. The van der Waals surface area contributed by atoms with Crippen molar-refractivity contribution in [2.75, 3.05) is 5.32 Å². The third kappa shape index (κ3) is 3.53. The Bertz CT molecular complexity index is 1050. The highest BCUT2D eigenvalue weighted by Crippen LogP contribution is 2.34. The number of amides is 1. The Morgan fingerprint density at radius 2 is 1.79 bits per heavy atom. The summed E-state index contributed by atoms with van der Waals surface area (Å²) in [7, 11) is 0. The Morgan fingerprint density at radius 3 is 2.54 bits per heavy atom. The summed E-state index contributed by atoms with van der Waals surface area (Å²) in [5.74, 6) is 0.763. The highest BCUT2D eigenvalue weighted by atomic mass is 16.3. The number of hydrogen-bond donors (Lipinski definition) is 3. The molecule has 0 saturated carbocycles. The van der Waals surface area contributed by atoms with Gasteiger partial charge in [-0.15, -0.1) is 0 Å². The number of carbonyl (C=O) groups excluding carboxylic acids is 1. The van der Waals surface area contributed by atoms with Crippen molar-refractivity contribution in [3.8, 4) is 22.8 Å². The van der Waals surface area contributed by atoms with Gasteiger partial charge >= 0.3 is 0 Å². The molecule has 0 saturated heterocycles. The molecule has 6 heteroatoms. The van der Waals surface area contributed by atoms with Gasteiger partial charge in [-0.3, -0.25) is 4.79 Å². The molecule has 3 N–H and O–H groups in total. The van der Waals surface area contributed by atoms with Crippen LogP contribution < -0.4 is 5.32 Å². The topological polar surface area (TPSA) is 95.3 Å². The van der Waals surface area contributed by atoms with Gasteiger partial charge in [-0.2, -0.15) is 0 Å². The summed E-state index contributed by atoms with van der Waals surface area (Å²) < 4.78 is 0. The van der Waals surface area contributed by atoms with Gasteiger partial charge in [0.15, 0.2) is 5.82 Å². The number of nitrogens with zero attached hydrogens (tertiary/aromatic N) is 2. The van der Waals surface area contributed by atoms with Gasteiger partial charge in [-0.05, 0) is 60.7 Å². The molecule has 28 heavy (non-hydrogen) atoms. The second-order valence-corrected chi connectivity index (χ2v) is 6.90. The van der Waals surface area contributed by atoms with E-state index in [1.807, 2.05) is 13.0 Å². The molecule has 2 aromatic carbocycles. The molecular weight excluding hydrogens is 354 g/mol. The highest BCUT2D eigenvalue weighted by Gasteiger charge is 2.22. The Kier molecular flexibility index (Phi) is 4.69. The Labute approximate surface area is 162 Å². The summed E-state index contributed by atoms with van der Waals surface area (Å²) in [4.78, 5) is 22.0. The van der Waals surface area contributed by atoms with E-state index in [1.54, 1.807) is 36.4 Å². The molecule has 4 rings (SSSR count). The van der Waals surface area contributed by atoms with Crippen molar-refractivity contribution in [1.82, 2.24) is 9.97 Å². The lowest BCUT2D eigenvalue weighted by Gasteiger charge is -2.20. The molecule has 1 amide bonds. The minimum Gasteiger partial charge on any atom is -0.508 e. The van der Waals surface area contributed by atoms with Crippen LogP contribution in [-0.4, -0.2) is 26.1 Å². The number of phenols is 2. The Hall–Kier alpha value is -3.41. The molecule has 1 aliphatic rings. The third-order valence-electron chi connectivity index (χ3n) is 4.91. The molecule has 3 aromatic rings. The van der Waals surface area contributed by atoms with Gasteiger partial charge in [0.25, 0.3) is 0 Å². The number of aromatic nitrogens is 2. The number of hydrogen-bond acceptors (Lipinski definition) is 5. The van der Waals surface area contributed by atoms with Crippen molar-refractivity contribution in [3.05, 3.63) is 65.0 Å². The van der Waals surface area contributed by atoms with E-state index in [0.717, 1.165) is 40.2 Å². The van der Waals surface area contributed by atoms with Gasteiger partial charge in [0.1, 0.15) is 11.5 Å². The van der Waals surface area contributed by atoms with Crippen molar-refractivity contribution in [3.63, 3.8) is 0 Å². The number of rotatable bonds is 4. The maximum Gasteiger partial charge on any atom is 0.229 e. The average Bonchev–Trinajstić information content (AvgIpc) is 2.68. The molecule has 1 aromatic heterocycles. The van der Waals surface area contributed by atoms with Crippen LogP contribution in [0, 0.1) is 0 Å². The first kappa shape index (κ1) is 18.0. The van der Waals surface area contributed by atoms with E-state index in [1.165, 1.54) is 0 Å². The lowest BCUT2D eigenvalue weighted by Crippen LogP contribution is -2.19. The van der Waals surface area contributed by atoms with Crippen LogP contribution in [0.15, 0.2) is 42.5 Å². The number of nitrogens with one attached hydrogen (secondary N) is 1. The summed E-state index contributed by atoms with van der Waals surface area (Å²) in [6, 6.07) is 11.9. The molecule has 0 fully saturated rings. The van der Waals surface area contributed by atoms with Gasteiger partial charge < -0.3 is 15.5 Å². The SMILES string of the molecule is CCc1nc2c(nc1NC(=O)Cc1ccc(O)cc1)CCc1cc(O)ccc1-2. The zero-order valence-electron chi connectivity index (χ0n) is 15.6. The van der Waals surface area contributed by atoms with Crippen LogP contribution in [0.1, 0.15) is 29.4 Å². The van der Waals surface area contributed by atoms with Gasteiger partial charge in [-0.25, -0.2) is 9.97 Å². The van der Waals surface area contributed by atoms with Crippen molar-refractivity contribution in [1.29, 1.82) is 0 Å². The van der Waals surface area contributed by atoms with E-state index >= 15 is 0 Å². The fourth-order valence-electron chi connectivity index (χ4n) is 3.49. The monoisotopic (exact) mass is 375 g/mol. The second kappa shape index (κ2) is 7.31. The van der Waals surface area contributed by atoms with E-state index in [2.05, 4.69) is 5.32 Å². The largest absolute Gasteiger partial charge is 0.508 e. The van der Waals surface area contributed by atoms with E-state index in [0.29, 0.717) is 18.7 Å². The average molecular weight is 375 g/mol. The summed E-state index contributed by atoms with van der Waals surface area (Å²) >= 11 is 0. The fourth-order valence-corrected chi connectivity index (χ4v) is 3.49. The van der Waals surface area contributed by atoms with E-state index < -0.39 is 0 Å². The van der Waals surface area contributed by atoms with Crippen LogP contribution in [0.4, 0.5) is 5.82 Å². The number of benzene rings is 2. The van der Waals surface area contributed by atoms with Crippen LogP contribution in [0.5, 0.6) is 11.5 Å². The predicted octanol–water partition coefficient (Wildman–Crippen LogP) is 3.40. The Balaban J connectivity index is 1.61. The number of phenolic OH excluding ortho intramolecular Hbond substituents is 2. The van der Waals surface area contributed by atoms with Crippen LogP contribution in [0.3, 0.4) is 0 Å². The molecule has 1 heterocycles. The molecule has 142 valence electrons. The van der Waals surface area contributed by atoms with Crippen LogP contribution in [0.2, 0.25) is 0 Å². The molecule has 6 nitrogen and oxygen atoms in total. The number of anilines is 1. The van der Waals surface area contributed by atoms with E-state index in [4.69, 9.17) is 9.97 Å². The van der Waals surface area contributed by atoms with Crippen molar-refractivity contribution < 1.29 is 15.0 Å². The number of aromatic hydroxyl groups is 2. The number of fused-ring (bicyclic) bond motifs is 3. The molecule has 0 bridgehead atoms. The quantitative estimate of drug-likeness (QED) is 0.650. The zero-order valence-corrected chi connectivity index (χ0v) is 15.6. The summed E-state index contributed by atoms with van der Waals surface area (Å²) in [5, 5.41) is 22.0. The smallest absolute Gasteiger partial charge is 0.229 e. The van der Waals surface area contributed by atoms with E-state index in [-0.39, 0.29) is 23.8 Å². The highest BCUT2D eigenvalue weighted by molar-refractivity contribution is 5.92. The van der Waals surface area contributed by atoms with Crippen LogP contribution >= 0.6 is 0 Å². The van der Waals surface area contributed by atoms with Crippen molar-refractivity contribution >= 4 is 11.7 Å². The number of aryl methyl sites for hydroxylation is 3. The molecule has 0 spiro atoms. The van der Waals surface area contributed by atoms with E-state index in [9.17, 15) is 15.0 Å². The number of carbonyl (C=O) groups is 1. The normalized spacial score (nSPS) is 12.2. The molecule has 1 aliphatic carbocycles. The fraction of sp³-hybridized carbons (Fsp3) is 0.227. The van der Waals surface area contributed by atoms with Crippen molar-refractivity contribution in [2.45, 2.75) is 32.6 Å². The maximum atomic E-state index is 12.5. The van der Waals surface area contributed by atoms with Gasteiger partial charge in [0.2, 0.25) is 5.91 Å². The first-order valence-electron chi connectivity index (χ1n) is 9.33. The van der Waals surface area contributed by atoms with Crippen molar-refractivity contribution in [2.24, 2.45) is 0 Å².